The van der Waals surface area contributed by atoms with Gasteiger partial charge in [0.25, 0.3) is 0 Å². The lowest BCUT2D eigenvalue weighted by Crippen LogP contribution is -2.12. The monoisotopic (exact) mass is 292 g/mol. The molecule has 104 valence electrons. The molecule has 2 aromatic rings. The third-order valence-electron chi connectivity index (χ3n) is 2.40. The molecular weight excluding hydrogens is 281 g/mol. The first-order valence-corrected chi connectivity index (χ1v) is 6.32. The van der Waals surface area contributed by atoms with E-state index in [1.807, 2.05) is 0 Å². The van der Waals surface area contributed by atoms with Crippen LogP contribution in [0.25, 0.3) is 0 Å². The zero-order valence-electron chi connectivity index (χ0n) is 9.65. The summed E-state index contributed by atoms with van der Waals surface area (Å²) in [5, 5.41) is 12.9. The number of alkyl halides is 3. The first kappa shape index (κ1) is 13.9. The molecule has 1 atom stereocenters. The van der Waals surface area contributed by atoms with Gasteiger partial charge >= 0.3 is 6.18 Å². The number of aromatic nitrogens is 1. The number of anilines is 1. The molecule has 0 aliphatic rings. The quantitative estimate of drug-likeness (QED) is 0.888. The lowest BCUT2D eigenvalue weighted by molar-refractivity contribution is -0.140. The predicted molar refractivity (Wildman–Crippen MR) is 63.9 cm³/mol. The van der Waals surface area contributed by atoms with E-state index >= 15 is 0 Å². The van der Waals surface area contributed by atoms with E-state index in [2.05, 4.69) is 10.3 Å². The molecule has 1 unspecified atom stereocenters. The number of rotatable bonds is 5. The third-order valence-corrected chi connectivity index (χ3v) is 3.17. The highest BCUT2D eigenvalue weighted by Crippen LogP contribution is 2.33. The van der Waals surface area contributed by atoms with Crippen molar-refractivity contribution < 1.29 is 22.7 Å². The van der Waals surface area contributed by atoms with Crippen LogP contribution < -0.4 is 5.32 Å². The molecule has 0 saturated heterocycles. The Morgan fingerprint density at radius 1 is 1.47 bits per heavy atom. The molecule has 4 nitrogen and oxygen atoms in total. The maximum atomic E-state index is 12.4. The van der Waals surface area contributed by atoms with Crippen molar-refractivity contribution in [2.45, 2.75) is 18.6 Å². The summed E-state index contributed by atoms with van der Waals surface area (Å²) in [5.41, 5.74) is -0.929. The number of nitrogens with one attached hydrogen (secondary N) is 1. The van der Waals surface area contributed by atoms with Crippen LogP contribution in [0.4, 0.5) is 18.3 Å². The number of nitrogens with zero attached hydrogens (tertiary/aromatic N) is 1. The Balaban J connectivity index is 2.11. The predicted octanol–water partition coefficient (Wildman–Crippen LogP) is 3.29. The van der Waals surface area contributed by atoms with Crippen LogP contribution in [0.5, 0.6) is 0 Å². The fourth-order valence-electron chi connectivity index (χ4n) is 1.52. The maximum Gasteiger partial charge on any atom is 0.434 e. The van der Waals surface area contributed by atoms with Gasteiger partial charge in [-0.3, -0.25) is 0 Å². The zero-order valence-corrected chi connectivity index (χ0v) is 10.5. The molecule has 0 fully saturated rings. The van der Waals surface area contributed by atoms with Crippen molar-refractivity contribution in [1.82, 2.24) is 4.98 Å². The van der Waals surface area contributed by atoms with Gasteiger partial charge in [-0.25, -0.2) is 4.98 Å². The van der Waals surface area contributed by atoms with Gasteiger partial charge in [-0.15, -0.1) is 11.3 Å². The Bertz CT molecular complexity index is 510. The van der Waals surface area contributed by atoms with Crippen LogP contribution >= 0.6 is 11.3 Å². The fourth-order valence-corrected chi connectivity index (χ4v) is 2.29. The van der Waals surface area contributed by atoms with Crippen molar-refractivity contribution in [2.75, 3.05) is 11.9 Å². The number of aliphatic hydroxyl groups excluding tert-OH is 1. The minimum atomic E-state index is -4.45. The summed E-state index contributed by atoms with van der Waals surface area (Å²) in [6.07, 6.45) is -2.67. The molecule has 2 N–H and O–H groups in total. The van der Waals surface area contributed by atoms with Gasteiger partial charge in [-0.1, -0.05) is 0 Å². The summed E-state index contributed by atoms with van der Waals surface area (Å²) in [7, 11) is 0. The normalized spacial score (nSPS) is 13.5. The Kier molecular flexibility index (Phi) is 4.11. The van der Waals surface area contributed by atoms with Crippen LogP contribution in [-0.2, 0) is 6.18 Å². The molecule has 0 aromatic carbocycles. The summed E-state index contributed by atoms with van der Waals surface area (Å²) in [6, 6.07) is 2.95. The van der Waals surface area contributed by atoms with Crippen LogP contribution in [0.3, 0.4) is 0 Å². The topological polar surface area (TPSA) is 58.3 Å². The summed E-state index contributed by atoms with van der Waals surface area (Å²) in [6.45, 7) is -0.115. The first-order chi connectivity index (χ1) is 9.00. The molecule has 8 heteroatoms. The van der Waals surface area contributed by atoms with Crippen molar-refractivity contribution in [1.29, 1.82) is 0 Å². The van der Waals surface area contributed by atoms with Crippen LogP contribution in [0, 0.1) is 0 Å². The van der Waals surface area contributed by atoms with Gasteiger partial charge in [0.05, 0.1) is 12.3 Å². The van der Waals surface area contributed by atoms with Gasteiger partial charge in [0, 0.05) is 12.0 Å². The highest BCUT2D eigenvalue weighted by Gasteiger charge is 2.34. The summed E-state index contributed by atoms with van der Waals surface area (Å²) in [4.78, 5) is 3.47. The van der Waals surface area contributed by atoms with Crippen molar-refractivity contribution in [3.63, 3.8) is 0 Å². The van der Waals surface area contributed by atoms with Gasteiger partial charge in [-0.2, -0.15) is 13.2 Å². The Morgan fingerprint density at radius 3 is 2.79 bits per heavy atom. The first-order valence-electron chi connectivity index (χ1n) is 5.44. The van der Waals surface area contributed by atoms with Crippen molar-refractivity contribution >= 4 is 16.5 Å². The molecule has 0 saturated carbocycles. The van der Waals surface area contributed by atoms with E-state index in [1.54, 1.807) is 12.1 Å². The van der Waals surface area contributed by atoms with E-state index in [9.17, 15) is 13.2 Å². The minimum Gasteiger partial charge on any atom is -0.467 e. The summed E-state index contributed by atoms with van der Waals surface area (Å²) >= 11 is 0.862. The number of thiazole rings is 1. The lowest BCUT2D eigenvalue weighted by atomic mass is 10.1. The average Bonchev–Trinajstić information content (AvgIpc) is 2.98. The molecule has 0 aliphatic carbocycles. The van der Waals surface area contributed by atoms with Crippen molar-refractivity contribution in [2.24, 2.45) is 0 Å². The largest absolute Gasteiger partial charge is 0.467 e. The fraction of sp³-hybridized carbons (Fsp3) is 0.364. The molecule has 2 rings (SSSR count). The minimum absolute atomic E-state index is 0.115. The number of furan rings is 1. The van der Waals surface area contributed by atoms with Gasteiger partial charge in [0.15, 0.2) is 10.8 Å². The number of hydrogen-bond donors (Lipinski definition) is 2. The average molecular weight is 292 g/mol. The summed E-state index contributed by atoms with van der Waals surface area (Å²) in [5.74, 6) is 0.540. The molecule has 19 heavy (non-hydrogen) atoms. The van der Waals surface area contributed by atoms with E-state index in [0.717, 1.165) is 16.7 Å². The second-order valence-electron chi connectivity index (χ2n) is 3.76. The molecule has 0 aliphatic heterocycles. The molecule has 0 radical (unpaired) electrons. The van der Waals surface area contributed by atoms with Gasteiger partial charge in [0.1, 0.15) is 5.76 Å². The zero-order chi connectivity index (χ0) is 13.9. The highest BCUT2D eigenvalue weighted by molar-refractivity contribution is 7.13. The van der Waals surface area contributed by atoms with Crippen LogP contribution in [0.15, 0.2) is 28.2 Å². The SMILES string of the molecule is OCCC(Nc1nc(C(F)(F)F)cs1)c1ccco1. The van der Waals surface area contributed by atoms with Gasteiger partial charge in [0.2, 0.25) is 0 Å². The maximum absolute atomic E-state index is 12.4. The number of halogens is 3. The summed E-state index contributed by atoms with van der Waals surface area (Å²) < 4.78 is 42.4. The Labute approximate surface area is 110 Å². The molecule has 2 heterocycles. The van der Waals surface area contributed by atoms with E-state index < -0.39 is 17.9 Å². The van der Waals surface area contributed by atoms with Crippen LogP contribution in [0.2, 0.25) is 0 Å². The Hall–Kier alpha value is -1.54. The second kappa shape index (κ2) is 5.62. The Morgan fingerprint density at radius 2 is 2.26 bits per heavy atom. The molecule has 0 spiro atoms. The van der Waals surface area contributed by atoms with Gasteiger partial charge in [-0.05, 0) is 18.6 Å². The van der Waals surface area contributed by atoms with Gasteiger partial charge < -0.3 is 14.8 Å². The third kappa shape index (κ3) is 3.48. The van der Waals surface area contributed by atoms with E-state index in [1.165, 1.54) is 6.26 Å². The molecule has 2 aromatic heterocycles. The van der Waals surface area contributed by atoms with Crippen molar-refractivity contribution in [3.05, 3.63) is 35.2 Å². The molecule has 0 bridgehead atoms. The molecular formula is C11H11F3N2O2S. The lowest BCUT2D eigenvalue weighted by Gasteiger charge is -2.14. The smallest absolute Gasteiger partial charge is 0.434 e. The molecule has 0 amide bonds. The van der Waals surface area contributed by atoms with Crippen LogP contribution in [0.1, 0.15) is 23.9 Å². The second-order valence-corrected chi connectivity index (χ2v) is 4.62. The standard InChI is InChI=1S/C11H11F3N2O2S/c12-11(13,14)9-6-19-10(16-9)15-7(3-4-17)8-2-1-5-18-8/h1-2,5-7,17H,3-4H2,(H,15,16). The van der Waals surface area contributed by atoms with Crippen LogP contribution in [-0.4, -0.2) is 16.7 Å². The van der Waals surface area contributed by atoms with E-state index in [0.29, 0.717) is 12.2 Å². The highest BCUT2D eigenvalue weighted by atomic mass is 32.1. The van der Waals surface area contributed by atoms with E-state index in [4.69, 9.17) is 9.52 Å². The van der Waals surface area contributed by atoms with E-state index in [-0.39, 0.29) is 11.7 Å². The number of aliphatic hydroxyl groups is 1. The van der Waals surface area contributed by atoms with Crippen molar-refractivity contribution in [3.8, 4) is 0 Å². The number of hydrogen-bond acceptors (Lipinski definition) is 5.